The van der Waals surface area contributed by atoms with E-state index in [1.165, 1.54) is 0 Å². The summed E-state index contributed by atoms with van der Waals surface area (Å²) in [5, 5.41) is 18.7. The van der Waals surface area contributed by atoms with E-state index < -0.39 is 23.3 Å². The number of carbonyl (C=O) groups is 2. The van der Waals surface area contributed by atoms with Crippen molar-refractivity contribution in [3.05, 3.63) is 34.3 Å². The van der Waals surface area contributed by atoms with Gasteiger partial charge in [-0.05, 0) is 37.0 Å². The minimum atomic E-state index is -1.41. The van der Waals surface area contributed by atoms with Gasteiger partial charge < -0.3 is 14.9 Å². The van der Waals surface area contributed by atoms with Gasteiger partial charge in [0, 0.05) is 23.1 Å². The van der Waals surface area contributed by atoms with Gasteiger partial charge in [-0.2, -0.15) is 0 Å². The minimum absolute atomic E-state index is 0.396. The number of carboxylic acid groups (broad SMARTS) is 2. The average molecular weight is 357 g/mol. The molecule has 1 fully saturated rings. The fourth-order valence-corrected chi connectivity index (χ4v) is 3.25. The Hall–Kier alpha value is -1.40. The van der Waals surface area contributed by atoms with Crippen LogP contribution in [0.1, 0.15) is 18.4 Å². The molecule has 1 heterocycles. The zero-order chi connectivity index (χ0) is 15.5. The summed E-state index contributed by atoms with van der Waals surface area (Å²) in [6, 6.07) is 7.53. The molecule has 114 valence electrons. The Bertz CT molecular complexity index is 505. The van der Waals surface area contributed by atoms with E-state index in [2.05, 4.69) is 15.9 Å². The number of benzene rings is 1. The molecule has 1 aromatic carbocycles. The lowest BCUT2D eigenvalue weighted by Gasteiger charge is -2.40. The quantitative estimate of drug-likeness (QED) is 0.792. The molecule has 1 saturated heterocycles. The first-order valence-electron chi connectivity index (χ1n) is 6.72. The van der Waals surface area contributed by atoms with Crippen molar-refractivity contribution >= 4 is 27.9 Å². The normalized spacial score (nSPS) is 17.6. The van der Waals surface area contributed by atoms with E-state index >= 15 is 0 Å². The molecule has 0 atom stereocenters. The largest absolute Gasteiger partial charge is 0.481 e. The van der Waals surface area contributed by atoms with Gasteiger partial charge in [-0.3, -0.25) is 9.59 Å². The Morgan fingerprint density at radius 1 is 1.14 bits per heavy atom. The molecule has 0 aromatic heterocycles. The second-order valence-electron chi connectivity index (χ2n) is 5.39. The number of hydrogen-bond acceptors (Lipinski definition) is 3. The highest BCUT2D eigenvalue weighted by Crippen LogP contribution is 2.42. The number of hydrogen-bond donors (Lipinski definition) is 2. The van der Waals surface area contributed by atoms with Crippen molar-refractivity contribution in [3.8, 4) is 0 Å². The molecule has 0 radical (unpaired) electrons. The van der Waals surface area contributed by atoms with E-state index in [0.29, 0.717) is 32.5 Å². The van der Waals surface area contributed by atoms with Crippen molar-refractivity contribution in [2.24, 2.45) is 11.3 Å². The molecule has 1 aliphatic heterocycles. The maximum Gasteiger partial charge on any atom is 0.318 e. The van der Waals surface area contributed by atoms with Crippen LogP contribution >= 0.6 is 15.9 Å². The van der Waals surface area contributed by atoms with E-state index in [4.69, 9.17) is 4.74 Å². The molecular weight excluding hydrogens is 340 g/mol. The van der Waals surface area contributed by atoms with Gasteiger partial charge in [0.25, 0.3) is 0 Å². The molecule has 1 aromatic rings. The average Bonchev–Trinajstić information content (AvgIpc) is 2.41. The third kappa shape index (κ3) is 3.63. The van der Waals surface area contributed by atoms with Crippen molar-refractivity contribution < 1.29 is 24.5 Å². The van der Waals surface area contributed by atoms with Gasteiger partial charge in [-0.15, -0.1) is 0 Å². The Morgan fingerprint density at radius 2 is 1.67 bits per heavy atom. The van der Waals surface area contributed by atoms with Crippen LogP contribution < -0.4 is 0 Å². The molecule has 0 bridgehead atoms. The Kier molecular flexibility index (Phi) is 5.00. The van der Waals surface area contributed by atoms with Crippen LogP contribution in [0.2, 0.25) is 0 Å². The Morgan fingerprint density at radius 3 is 2.14 bits per heavy atom. The summed E-state index contributed by atoms with van der Waals surface area (Å²) in [5.41, 5.74) is 0.136. The van der Waals surface area contributed by atoms with Crippen LogP contribution in [0, 0.1) is 11.3 Å². The van der Waals surface area contributed by atoms with Crippen molar-refractivity contribution in [1.29, 1.82) is 0 Å². The van der Waals surface area contributed by atoms with E-state index in [0.717, 1.165) is 10.0 Å². The zero-order valence-electron chi connectivity index (χ0n) is 11.4. The van der Waals surface area contributed by atoms with E-state index in [-0.39, 0.29) is 0 Å². The molecule has 21 heavy (non-hydrogen) atoms. The van der Waals surface area contributed by atoms with Gasteiger partial charge in [0.2, 0.25) is 0 Å². The van der Waals surface area contributed by atoms with Crippen LogP contribution in [0.15, 0.2) is 28.7 Å². The predicted octanol–water partition coefficient (Wildman–Crippen LogP) is 2.57. The molecule has 0 saturated carbocycles. The van der Waals surface area contributed by atoms with Crippen molar-refractivity contribution in [2.45, 2.75) is 19.3 Å². The second kappa shape index (κ2) is 6.58. The molecule has 2 N–H and O–H groups in total. The van der Waals surface area contributed by atoms with Crippen LogP contribution in [-0.4, -0.2) is 35.4 Å². The molecule has 0 amide bonds. The molecule has 6 heteroatoms. The Labute approximate surface area is 131 Å². The molecule has 1 aliphatic rings. The monoisotopic (exact) mass is 356 g/mol. The first-order chi connectivity index (χ1) is 9.94. The lowest BCUT2D eigenvalue weighted by molar-refractivity contribution is -0.165. The van der Waals surface area contributed by atoms with E-state index in [1.54, 1.807) is 0 Å². The topological polar surface area (TPSA) is 83.8 Å². The fourth-order valence-electron chi connectivity index (χ4n) is 2.98. The lowest BCUT2D eigenvalue weighted by Crippen LogP contribution is -2.46. The minimum Gasteiger partial charge on any atom is -0.481 e. The molecule has 0 spiro atoms. The summed E-state index contributed by atoms with van der Waals surface area (Å²) in [5.74, 6) is -3.96. The van der Waals surface area contributed by atoms with Gasteiger partial charge in [-0.1, -0.05) is 28.1 Å². The molecule has 0 unspecified atom stereocenters. The van der Waals surface area contributed by atoms with Crippen LogP contribution in [0.5, 0.6) is 0 Å². The summed E-state index contributed by atoms with van der Waals surface area (Å²) in [6.07, 6.45) is 1.30. The summed E-state index contributed by atoms with van der Waals surface area (Å²) in [7, 11) is 0. The Balaban J connectivity index is 2.34. The fraction of sp³-hybridized carbons (Fsp3) is 0.467. The first kappa shape index (κ1) is 16.0. The highest BCUT2D eigenvalue weighted by molar-refractivity contribution is 9.10. The van der Waals surface area contributed by atoms with E-state index in [9.17, 15) is 19.8 Å². The van der Waals surface area contributed by atoms with Crippen molar-refractivity contribution in [2.75, 3.05) is 13.2 Å². The van der Waals surface area contributed by atoms with E-state index in [1.807, 2.05) is 24.3 Å². The third-order valence-corrected chi connectivity index (χ3v) is 4.59. The summed E-state index contributed by atoms with van der Waals surface area (Å²) in [6.45, 7) is 0.793. The SMILES string of the molecule is O=C(O)C(C(=O)O)C1(Cc2ccc(Br)cc2)CCOCC1. The van der Waals surface area contributed by atoms with Crippen LogP contribution in [-0.2, 0) is 20.7 Å². The third-order valence-electron chi connectivity index (χ3n) is 4.06. The zero-order valence-corrected chi connectivity index (χ0v) is 13.0. The predicted molar refractivity (Wildman–Crippen MR) is 79.1 cm³/mol. The molecule has 2 rings (SSSR count). The van der Waals surface area contributed by atoms with Gasteiger partial charge in [0.15, 0.2) is 5.92 Å². The van der Waals surface area contributed by atoms with Crippen LogP contribution in [0.4, 0.5) is 0 Å². The highest BCUT2D eigenvalue weighted by Gasteiger charge is 2.48. The number of halogens is 1. The van der Waals surface area contributed by atoms with Crippen molar-refractivity contribution in [1.82, 2.24) is 0 Å². The highest BCUT2D eigenvalue weighted by atomic mass is 79.9. The van der Waals surface area contributed by atoms with Crippen LogP contribution in [0.3, 0.4) is 0 Å². The summed E-state index contributed by atoms with van der Waals surface area (Å²) < 4.78 is 6.23. The summed E-state index contributed by atoms with van der Waals surface area (Å²) in [4.78, 5) is 22.9. The molecule has 5 nitrogen and oxygen atoms in total. The first-order valence-corrected chi connectivity index (χ1v) is 7.52. The number of ether oxygens (including phenoxy) is 1. The smallest absolute Gasteiger partial charge is 0.318 e. The maximum atomic E-state index is 11.5. The van der Waals surface area contributed by atoms with Gasteiger partial charge >= 0.3 is 11.9 Å². The van der Waals surface area contributed by atoms with Crippen LogP contribution in [0.25, 0.3) is 0 Å². The van der Waals surface area contributed by atoms with Gasteiger partial charge in [0.1, 0.15) is 0 Å². The van der Waals surface area contributed by atoms with Gasteiger partial charge in [-0.25, -0.2) is 0 Å². The second-order valence-corrected chi connectivity index (χ2v) is 6.30. The lowest BCUT2D eigenvalue weighted by atomic mass is 9.66. The number of carboxylic acids is 2. The molecule has 0 aliphatic carbocycles. The number of rotatable bonds is 5. The van der Waals surface area contributed by atoms with Crippen molar-refractivity contribution in [3.63, 3.8) is 0 Å². The summed E-state index contributed by atoms with van der Waals surface area (Å²) >= 11 is 3.35. The van der Waals surface area contributed by atoms with Gasteiger partial charge in [0.05, 0.1) is 0 Å². The standard InChI is InChI=1S/C15H17BrO5/c16-11-3-1-10(2-4-11)9-15(5-7-21-8-6-15)12(13(17)18)14(19)20/h1-4,12H,5-9H2,(H,17,18)(H,19,20). The molecular formula is C15H17BrO5. The maximum absolute atomic E-state index is 11.5. The number of aliphatic carboxylic acids is 2.